The first-order valence-corrected chi connectivity index (χ1v) is 7.31. The number of allylic oxidation sites excluding steroid dienone is 3. The molecule has 0 aliphatic rings. The largest absolute Gasteiger partial charge is 0.478 e. The predicted octanol–water partition coefficient (Wildman–Crippen LogP) is 5.10. The van der Waals surface area contributed by atoms with Crippen LogP contribution in [0.25, 0.3) is 0 Å². The molecular weight excluding hydrogens is 224 g/mol. The highest BCUT2D eigenvalue weighted by atomic mass is 16.4. The first kappa shape index (κ1) is 16.9. The number of carboxylic acids is 1. The molecule has 0 aliphatic heterocycles. The van der Waals surface area contributed by atoms with Crippen molar-refractivity contribution in [3.8, 4) is 0 Å². The molecule has 0 aromatic carbocycles. The molecule has 0 unspecified atom stereocenters. The van der Waals surface area contributed by atoms with Gasteiger partial charge >= 0.3 is 5.97 Å². The minimum Gasteiger partial charge on any atom is -0.478 e. The van der Waals surface area contributed by atoms with Gasteiger partial charge < -0.3 is 5.11 Å². The van der Waals surface area contributed by atoms with E-state index in [0.717, 1.165) is 19.3 Å². The van der Waals surface area contributed by atoms with E-state index >= 15 is 0 Å². The minimum atomic E-state index is -0.846. The lowest BCUT2D eigenvalue weighted by atomic mass is 10.1. The van der Waals surface area contributed by atoms with E-state index in [2.05, 4.69) is 19.1 Å². The van der Waals surface area contributed by atoms with Gasteiger partial charge in [0.2, 0.25) is 0 Å². The molecule has 2 nitrogen and oxygen atoms in total. The molecule has 0 aliphatic carbocycles. The highest BCUT2D eigenvalue weighted by Gasteiger charge is 1.88. The maximum atomic E-state index is 10.2. The summed E-state index contributed by atoms with van der Waals surface area (Å²) < 4.78 is 0. The normalized spacial score (nSPS) is 11.6. The van der Waals surface area contributed by atoms with Crippen LogP contribution in [-0.4, -0.2) is 11.1 Å². The monoisotopic (exact) mass is 252 g/mol. The highest BCUT2D eigenvalue weighted by molar-refractivity contribution is 5.79. The smallest absolute Gasteiger partial charge is 0.327 e. The van der Waals surface area contributed by atoms with E-state index in [1.54, 1.807) is 6.08 Å². The first-order chi connectivity index (χ1) is 8.77. The lowest BCUT2D eigenvalue weighted by Gasteiger charge is -1.96. The van der Waals surface area contributed by atoms with Gasteiger partial charge in [0.05, 0.1) is 0 Å². The van der Waals surface area contributed by atoms with Gasteiger partial charge in [-0.25, -0.2) is 4.79 Å². The molecule has 0 atom stereocenters. The summed E-state index contributed by atoms with van der Waals surface area (Å²) in [6.45, 7) is 2.24. The quantitative estimate of drug-likeness (QED) is 0.298. The molecule has 0 bridgehead atoms. The van der Waals surface area contributed by atoms with E-state index in [-0.39, 0.29) is 0 Å². The van der Waals surface area contributed by atoms with Gasteiger partial charge in [-0.2, -0.15) is 0 Å². The van der Waals surface area contributed by atoms with Crippen LogP contribution in [0.2, 0.25) is 0 Å². The Morgan fingerprint density at radius 3 is 1.83 bits per heavy atom. The van der Waals surface area contributed by atoms with Crippen LogP contribution < -0.4 is 0 Å². The standard InChI is InChI=1S/C16H28O2/c1-2-3-4-5-6-7-8-9-10-11-12-13-14-15-16(17)18/h7-8,14-15H,2-6,9-13H2,1H3,(H,17,18)/b8-7?,15-14+. The number of carboxylic acid groups (broad SMARTS) is 1. The minimum absolute atomic E-state index is 0.846. The van der Waals surface area contributed by atoms with Crippen molar-refractivity contribution in [2.75, 3.05) is 0 Å². The number of carbonyl (C=O) groups is 1. The van der Waals surface area contributed by atoms with Gasteiger partial charge in [-0.1, -0.05) is 50.8 Å². The number of hydrogen-bond acceptors (Lipinski definition) is 1. The molecule has 0 aromatic heterocycles. The summed E-state index contributed by atoms with van der Waals surface area (Å²) in [5.41, 5.74) is 0. The lowest BCUT2D eigenvalue weighted by molar-refractivity contribution is -0.131. The van der Waals surface area contributed by atoms with Gasteiger partial charge in [0.25, 0.3) is 0 Å². The number of aliphatic carboxylic acids is 1. The number of unbranched alkanes of at least 4 members (excludes halogenated alkanes) is 8. The van der Waals surface area contributed by atoms with Crippen LogP contribution in [0.15, 0.2) is 24.3 Å². The highest BCUT2D eigenvalue weighted by Crippen LogP contribution is 2.06. The summed E-state index contributed by atoms with van der Waals surface area (Å²) in [6, 6.07) is 0. The maximum Gasteiger partial charge on any atom is 0.327 e. The van der Waals surface area contributed by atoms with Crippen LogP contribution >= 0.6 is 0 Å². The molecular formula is C16H28O2. The van der Waals surface area contributed by atoms with E-state index in [4.69, 9.17) is 5.11 Å². The van der Waals surface area contributed by atoms with E-state index in [1.165, 1.54) is 51.0 Å². The van der Waals surface area contributed by atoms with Crippen molar-refractivity contribution in [1.29, 1.82) is 0 Å². The Morgan fingerprint density at radius 2 is 1.33 bits per heavy atom. The topological polar surface area (TPSA) is 37.3 Å². The van der Waals surface area contributed by atoms with Gasteiger partial charge in [-0.3, -0.25) is 0 Å². The van der Waals surface area contributed by atoms with Crippen molar-refractivity contribution in [2.24, 2.45) is 0 Å². The molecule has 104 valence electrons. The zero-order valence-electron chi connectivity index (χ0n) is 11.7. The fourth-order valence-corrected chi connectivity index (χ4v) is 1.81. The summed E-state index contributed by atoms with van der Waals surface area (Å²) in [5.74, 6) is -0.846. The molecule has 0 amide bonds. The molecule has 0 heterocycles. The molecule has 0 radical (unpaired) electrons. The second kappa shape index (κ2) is 14.0. The maximum absolute atomic E-state index is 10.2. The van der Waals surface area contributed by atoms with Gasteiger partial charge in [0.1, 0.15) is 0 Å². The predicted molar refractivity (Wildman–Crippen MR) is 77.8 cm³/mol. The molecule has 0 rings (SSSR count). The fraction of sp³-hybridized carbons (Fsp3) is 0.688. The second-order valence-corrected chi connectivity index (χ2v) is 4.70. The zero-order valence-corrected chi connectivity index (χ0v) is 11.7. The first-order valence-electron chi connectivity index (χ1n) is 7.31. The van der Waals surface area contributed by atoms with E-state index in [9.17, 15) is 4.79 Å². The summed E-state index contributed by atoms with van der Waals surface area (Å²) in [6.07, 6.45) is 19.7. The summed E-state index contributed by atoms with van der Waals surface area (Å²) in [4.78, 5) is 10.2. The van der Waals surface area contributed by atoms with Crippen molar-refractivity contribution in [1.82, 2.24) is 0 Å². The van der Waals surface area contributed by atoms with Crippen molar-refractivity contribution in [2.45, 2.75) is 71.1 Å². The Kier molecular flexibility index (Phi) is 13.2. The summed E-state index contributed by atoms with van der Waals surface area (Å²) >= 11 is 0. The number of hydrogen-bond donors (Lipinski definition) is 1. The Bertz CT molecular complexity index is 241. The average molecular weight is 252 g/mol. The molecule has 0 fully saturated rings. The van der Waals surface area contributed by atoms with Crippen LogP contribution in [0.3, 0.4) is 0 Å². The molecule has 0 spiro atoms. The van der Waals surface area contributed by atoms with Gasteiger partial charge in [-0.15, -0.1) is 0 Å². The molecule has 0 saturated carbocycles. The fourth-order valence-electron chi connectivity index (χ4n) is 1.81. The Morgan fingerprint density at radius 1 is 0.833 bits per heavy atom. The van der Waals surface area contributed by atoms with Crippen LogP contribution in [0.5, 0.6) is 0 Å². The summed E-state index contributed by atoms with van der Waals surface area (Å²) in [5, 5.41) is 8.39. The SMILES string of the molecule is CCCCCCC=CCCCCC/C=C/C(=O)O. The third-order valence-corrected chi connectivity index (χ3v) is 2.89. The van der Waals surface area contributed by atoms with Crippen molar-refractivity contribution in [3.05, 3.63) is 24.3 Å². The molecule has 1 N–H and O–H groups in total. The molecule has 0 aromatic rings. The Labute approximate surface area is 112 Å². The third kappa shape index (κ3) is 14.9. The third-order valence-electron chi connectivity index (χ3n) is 2.89. The average Bonchev–Trinajstić information content (AvgIpc) is 2.34. The van der Waals surface area contributed by atoms with Crippen LogP contribution in [0.4, 0.5) is 0 Å². The molecule has 0 saturated heterocycles. The van der Waals surface area contributed by atoms with Gasteiger partial charge in [-0.05, 0) is 38.5 Å². The Balaban J connectivity index is 3.15. The summed E-state index contributed by atoms with van der Waals surface area (Å²) in [7, 11) is 0. The lowest BCUT2D eigenvalue weighted by Crippen LogP contribution is -1.85. The van der Waals surface area contributed by atoms with Gasteiger partial charge in [0.15, 0.2) is 0 Å². The van der Waals surface area contributed by atoms with Gasteiger partial charge in [0, 0.05) is 6.08 Å². The van der Waals surface area contributed by atoms with Crippen molar-refractivity contribution < 1.29 is 9.90 Å². The van der Waals surface area contributed by atoms with Crippen LogP contribution in [-0.2, 0) is 4.79 Å². The molecule has 2 heteroatoms. The molecule has 18 heavy (non-hydrogen) atoms. The van der Waals surface area contributed by atoms with Crippen molar-refractivity contribution >= 4 is 5.97 Å². The Hall–Kier alpha value is -1.05. The van der Waals surface area contributed by atoms with E-state index in [1.807, 2.05) is 0 Å². The number of rotatable bonds is 12. The van der Waals surface area contributed by atoms with Crippen LogP contribution in [0, 0.1) is 0 Å². The van der Waals surface area contributed by atoms with Crippen molar-refractivity contribution in [3.63, 3.8) is 0 Å². The van der Waals surface area contributed by atoms with E-state index in [0.29, 0.717) is 0 Å². The van der Waals surface area contributed by atoms with E-state index < -0.39 is 5.97 Å². The van der Waals surface area contributed by atoms with Crippen LogP contribution in [0.1, 0.15) is 71.1 Å². The second-order valence-electron chi connectivity index (χ2n) is 4.70. The zero-order chi connectivity index (χ0) is 13.5.